The average molecular weight is 201 g/mol. The Labute approximate surface area is 84.6 Å². The lowest BCUT2D eigenvalue weighted by molar-refractivity contribution is -0.121. The van der Waals surface area contributed by atoms with E-state index in [1.165, 1.54) is 6.92 Å². The summed E-state index contributed by atoms with van der Waals surface area (Å²) in [5, 5.41) is 2.70. The van der Waals surface area contributed by atoms with Crippen molar-refractivity contribution in [2.24, 2.45) is 0 Å². The molecule has 0 fully saturated rings. The first-order valence-corrected chi connectivity index (χ1v) is 4.93. The number of nitrogens with one attached hydrogen (secondary N) is 3. The number of hydrogen-bond donors (Lipinski definition) is 3. The highest BCUT2D eigenvalue weighted by molar-refractivity contribution is 5.74. The minimum Gasteiger partial charge on any atom is -0.356 e. The molecule has 5 nitrogen and oxygen atoms in total. The molecule has 0 aromatic carbocycles. The van der Waals surface area contributed by atoms with Gasteiger partial charge in [-0.1, -0.05) is 6.92 Å². The summed E-state index contributed by atoms with van der Waals surface area (Å²) in [6, 6.07) is 0. The quantitative estimate of drug-likeness (QED) is 0.399. The molecule has 5 heteroatoms. The van der Waals surface area contributed by atoms with E-state index in [4.69, 9.17) is 0 Å². The molecule has 14 heavy (non-hydrogen) atoms. The minimum atomic E-state index is -0.00754. The highest BCUT2D eigenvalue weighted by atomic mass is 16.2. The lowest BCUT2D eigenvalue weighted by Crippen LogP contribution is -2.37. The number of hydrogen-bond acceptors (Lipinski definition) is 3. The van der Waals surface area contributed by atoms with Gasteiger partial charge < -0.3 is 5.32 Å². The maximum Gasteiger partial charge on any atom is 0.233 e. The fraction of sp³-hybridized carbons (Fsp3) is 0.778. The third kappa shape index (κ3) is 8.99. The van der Waals surface area contributed by atoms with E-state index in [1.54, 1.807) is 6.92 Å². The van der Waals surface area contributed by atoms with Crippen LogP contribution in [0.5, 0.6) is 0 Å². The molecule has 0 bridgehead atoms. The summed E-state index contributed by atoms with van der Waals surface area (Å²) in [6.45, 7) is 4.72. The van der Waals surface area contributed by atoms with Gasteiger partial charge in [0, 0.05) is 26.4 Å². The van der Waals surface area contributed by atoms with E-state index in [0.717, 1.165) is 19.4 Å². The molecule has 0 heterocycles. The van der Waals surface area contributed by atoms with Gasteiger partial charge in [0.1, 0.15) is 0 Å². The van der Waals surface area contributed by atoms with Gasteiger partial charge in [0.15, 0.2) is 0 Å². The van der Waals surface area contributed by atoms with Gasteiger partial charge in [-0.25, -0.2) is 5.43 Å². The van der Waals surface area contributed by atoms with Gasteiger partial charge in [0.25, 0.3) is 0 Å². The molecule has 2 amide bonds. The van der Waals surface area contributed by atoms with Gasteiger partial charge in [-0.3, -0.25) is 15.0 Å². The first kappa shape index (κ1) is 12.9. The van der Waals surface area contributed by atoms with Crippen LogP contribution in [0.1, 0.15) is 33.1 Å². The summed E-state index contributed by atoms with van der Waals surface area (Å²) in [5.41, 5.74) is 5.37. The van der Waals surface area contributed by atoms with Gasteiger partial charge in [0.05, 0.1) is 0 Å². The van der Waals surface area contributed by atoms with Crippen LogP contribution < -0.4 is 16.2 Å². The molecule has 0 aliphatic rings. The predicted molar refractivity (Wildman–Crippen MR) is 54.4 cm³/mol. The van der Waals surface area contributed by atoms with Crippen LogP contribution in [0.2, 0.25) is 0 Å². The van der Waals surface area contributed by atoms with Crippen molar-refractivity contribution in [2.45, 2.75) is 33.1 Å². The van der Waals surface area contributed by atoms with E-state index < -0.39 is 0 Å². The number of carbonyl (C=O) groups is 2. The van der Waals surface area contributed by atoms with Crippen LogP contribution in [0.15, 0.2) is 0 Å². The second kappa shape index (κ2) is 8.50. The molecule has 0 aliphatic carbocycles. The van der Waals surface area contributed by atoms with Gasteiger partial charge >= 0.3 is 0 Å². The highest BCUT2D eigenvalue weighted by Gasteiger charge is 1.94. The van der Waals surface area contributed by atoms with Gasteiger partial charge in [0.2, 0.25) is 11.8 Å². The standard InChI is InChI=1S/C9H19N3O2/c1-3-9(14)12-11-7-5-4-6-10-8(2)13/h11H,3-7H2,1-2H3,(H,10,13)(H,12,14). The largest absolute Gasteiger partial charge is 0.356 e. The van der Waals surface area contributed by atoms with Crippen molar-refractivity contribution in [2.75, 3.05) is 13.1 Å². The summed E-state index contributed by atoms with van der Waals surface area (Å²) >= 11 is 0. The minimum absolute atomic E-state index is 0.00255. The van der Waals surface area contributed by atoms with Crippen molar-refractivity contribution in [1.82, 2.24) is 16.2 Å². The average Bonchev–Trinajstić information content (AvgIpc) is 2.15. The van der Waals surface area contributed by atoms with Crippen molar-refractivity contribution in [3.8, 4) is 0 Å². The summed E-state index contributed by atoms with van der Waals surface area (Å²) in [4.78, 5) is 21.2. The summed E-state index contributed by atoms with van der Waals surface area (Å²) in [5.74, 6) is -0.0101. The van der Waals surface area contributed by atoms with Crippen LogP contribution in [0.4, 0.5) is 0 Å². The third-order valence-corrected chi connectivity index (χ3v) is 1.65. The molecule has 0 saturated carbocycles. The van der Waals surface area contributed by atoms with Crippen LogP contribution in [-0.4, -0.2) is 24.9 Å². The van der Waals surface area contributed by atoms with E-state index in [2.05, 4.69) is 16.2 Å². The van der Waals surface area contributed by atoms with E-state index in [-0.39, 0.29) is 11.8 Å². The molecule has 0 atom stereocenters. The molecule has 0 aromatic rings. The first-order chi connectivity index (χ1) is 6.66. The first-order valence-electron chi connectivity index (χ1n) is 4.93. The molecule has 0 spiro atoms. The fourth-order valence-corrected chi connectivity index (χ4v) is 0.852. The molecule has 82 valence electrons. The van der Waals surface area contributed by atoms with Gasteiger partial charge in [-0.15, -0.1) is 0 Å². The number of unbranched alkanes of at least 4 members (excludes halogenated alkanes) is 1. The number of rotatable bonds is 7. The topological polar surface area (TPSA) is 70.2 Å². The number of amides is 2. The van der Waals surface area contributed by atoms with Gasteiger partial charge in [-0.2, -0.15) is 0 Å². The Morgan fingerprint density at radius 3 is 2.36 bits per heavy atom. The SMILES string of the molecule is CCC(=O)NNCCCCNC(C)=O. The molecule has 0 radical (unpaired) electrons. The molecule has 0 rings (SSSR count). The third-order valence-electron chi connectivity index (χ3n) is 1.65. The Balaban J connectivity index is 3.06. The normalized spacial score (nSPS) is 9.57. The van der Waals surface area contributed by atoms with Crippen LogP contribution in [0.25, 0.3) is 0 Å². The van der Waals surface area contributed by atoms with E-state index in [0.29, 0.717) is 13.0 Å². The fourth-order valence-electron chi connectivity index (χ4n) is 0.852. The van der Waals surface area contributed by atoms with E-state index >= 15 is 0 Å². The molecule has 3 N–H and O–H groups in total. The van der Waals surface area contributed by atoms with Crippen LogP contribution in [0.3, 0.4) is 0 Å². The number of carbonyl (C=O) groups excluding carboxylic acids is 2. The summed E-state index contributed by atoms with van der Waals surface area (Å²) < 4.78 is 0. The Morgan fingerprint density at radius 2 is 1.79 bits per heavy atom. The van der Waals surface area contributed by atoms with Gasteiger partial charge in [-0.05, 0) is 12.8 Å². The Kier molecular flexibility index (Phi) is 7.83. The van der Waals surface area contributed by atoms with E-state index in [9.17, 15) is 9.59 Å². The van der Waals surface area contributed by atoms with Crippen LogP contribution in [0, 0.1) is 0 Å². The zero-order chi connectivity index (χ0) is 10.8. The monoisotopic (exact) mass is 201 g/mol. The molecular weight excluding hydrogens is 182 g/mol. The molecule has 0 unspecified atom stereocenters. The molecule has 0 saturated heterocycles. The van der Waals surface area contributed by atoms with Crippen molar-refractivity contribution < 1.29 is 9.59 Å². The summed E-state index contributed by atoms with van der Waals surface area (Å²) in [6.07, 6.45) is 2.32. The van der Waals surface area contributed by atoms with Crippen LogP contribution in [-0.2, 0) is 9.59 Å². The Hall–Kier alpha value is -1.10. The molecular formula is C9H19N3O2. The highest BCUT2D eigenvalue weighted by Crippen LogP contribution is 1.83. The Bertz CT molecular complexity index is 183. The maximum atomic E-state index is 10.8. The summed E-state index contributed by atoms with van der Waals surface area (Å²) in [7, 11) is 0. The predicted octanol–water partition coefficient (Wildman–Crippen LogP) is -0.0665. The zero-order valence-electron chi connectivity index (χ0n) is 8.85. The Morgan fingerprint density at radius 1 is 1.14 bits per heavy atom. The van der Waals surface area contributed by atoms with Crippen molar-refractivity contribution >= 4 is 11.8 Å². The molecule has 0 aromatic heterocycles. The van der Waals surface area contributed by atoms with Crippen molar-refractivity contribution in [1.29, 1.82) is 0 Å². The molecule has 0 aliphatic heterocycles. The lowest BCUT2D eigenvalue weighted by Gasteiger charge is -2.05. The maximum absolute atomic E-state index is 10.8. The van der Waals surface area contributed by atoms with E-state index in [1.807, 2.05) is 0 Å². The van der Waals surface area contributed by atoms with Crippen molar-refractivity contribution in [3.63, 3.8) is 0 Å². The smallest absolute Gasteiger partial charge is 0.233 e. The van der Waals surface area contributed by atoms with Crippen molar-refractivity contribution in [3.05, 3.63) is 0 Å². The second-order valence-electron chi connectivity index (χ2n) is 3.02. The number of hydrazine groups is 1. The second-order valence-corrected chi connectivity index (χ2v) is 3.02. The van der Waals surface area contributed by atoms with Crippen LogP contribution >= 0.6 is 0 Å². The zero-order valence-corrected chi connectivity index (χ0v) is 8.85. The lowest BCUT2D eigenvalue weighted by atomic mass is 10.3.